The highest BCUT2D eigenvalue weighted by molar-refractivity contribution is 7.18. The molecule has 0 spiro atoms. The predicted molar refractivity (Wildman–Crippen MR) is 36.6 cm³/mol. The molecule has 0 rings (SSSR count). The Labute approximate surface area is 52.1 Å². The van der Waals surface area contributed by atoms with Crippen LogP contribution in [0.4, 0.5) is 0 Å². The van der Waals surface area contributed by atoms with E-state index in [1.807, 2.05) is 0 Å². The SMILES string of the molecule is CC(C)(O)C(C)(O)P. The van der Waals surface area contributed by atoms with Gasteiger partial charge < -0.3 is 10.2 Å². The van der Waals surface area contributed by atoms with Crippen LogP contribution < -0.4 is 0 Å². The van der Waals surface area contributed by atoms with Gasteiger partial charge >= 0.3 is 0 Å². The summed E-state index contributed by atoms with van der Waals surface area (Å²) in [5, 5.41) is 17.1. The van der Waals surface area contributed by atoms with Gasteiger partial charge in [0.05, 0.1) is 5.60 Å². The van der Waals surface area contributed by atoms with Gasteiger partial charge in [-0.1, -0.05) is 0 Å². The van der Waals surface area contributed by atoms with Crippen molar-refractivity contribution in [2.45, 2.75) is 31.7 Å². The van der Waals surface area contributed by atoms with E-state index in [9.17, 15) is 0 Å². The van der Waals surface area contributed by atoms with Crippen LogP contribution in [0, 0.1) is 0 Å². The van der Waals surface area contributed by atoms with E-state index in [4.69, 9.17) is 10.2 Å². The summed E-state index contributed by atoms with van der Waals surface area (Å²) in [6.07, 6.45) is 0. The second-order valence-corrected chi connectivity index (χ2v) is 3.83. The van der Waals surface area contributed by atoms with E-state index in [1.165, 1.54) is 6.92 Å². The average Bonchev–Trinajstić information content (AvgIpc) is 1.25. The van der Waals surface area contributed by atoms with Crippen LogP contribution in [0.5, 0.6) is 0 Å². The quantitative estimate of drug-likeness (QED) is 0.510. The summed E-state index contributed by atoms with van der Waals surface area (Å²) in [6.45, 7) is 4.65. The van der Waals surface area contributed by atoms with E-state index in [0.717, 1.165) is 0 Å². The van der Waals surface area contributed by atoms with Crippen LogP contribution in [0.25, 0.3) is 0 Å². The molecule has 2 nitrogen and oxygen atoms in total. The summed E-state index contributed by atoms with van der Waals surface area (Å²) in [5.74, 6) is 0. The van der Waals surface area contributed by atoms with Crippen molar-refractivity contribution in [3.8, 4) is 0 Å². The molecular formula is C5H13O2P. The van der Waals surface area contributed by atoms with E-state index in [1.54, 1.807) is 13.8 Å². The van der Waals surface area contributed by atoms with Crippen molar-refractivity contribution in [2.75, 3.05) is 0 Å². The molecule has 0 bridgehead atoms. The fourth-order valence-corrected chi connectivity index (χ4v) is 0. The van der Waals surface area contributed by atoms with Gasteiger partial charge in [-0.3, -0.25) is 0 Å². The van der Waals surface area contributed by atoms with E-state index >= 15 is 0 Å². The second kappa shape index (κ2) is 1.94. The van der Waals surface area contributed by atoms with Crippen LogP contribution in [-0.4, -0.2) is 21.2 Å². The molecule has 2 atom stereocenters. The Balaban J connectivity index is 4.02. The molecule has 0 amide bonds. The van der Waals surface area contributed by atoms with Crippen LogP contribution in [-0.2, 0) is 0 Å². The minimum Gasteiger partial charge on any atom is -0.387 e. The van der Waals surface area contributed by atoms with Crippen LogP contribution in [0.3, 0.4) is 0 Å². The van der Waals surface area contributed by atoms with Gasteiger partial charge in [0.2, 0.25) is 0 Å². The zero-order valence-electron chi connectivity index (χ0n) is 5.47. The Bertz CT molecular complexity index is 65.4. The summed E-state index contributed by atoms with van der Waals surface area (Å²) in [6, 6.07) is 0. The van der Waals surface area contributed by atoms with Crippen LogP contribution in [0.15, 0.2) is 0 Å². The van der Waals surface area contributed by atoms with E-state index < -0.39 is 10.9 Å². The maximum atomic E-state index is 9.08. The standard InChI is InChI=1S/C5H13O2P/c1-4(2,6)5(3,7)8/h6-7H,8H2,1-3H3. The maximum Gasteiger partial charge on any atom is 0.103 e. The molecule has 0 fully saturated rings. The van der Waals surface area contributed by atoms with Crippen molar-refractivity contribution >= 4 is 9.24 Å². The Morgan fingerprint density at radius 3 is 1.25 bits per heavy atom. The lowest BCUT2D eigenvalue weighted by Crippen LogP contribution is -2.41. The number of hydrogen-bond donors (Lipinski definition) is 2. The molecule has 0 aromatic heterocycles. The van der Waals surface area contributed by atoms with Crippen LogP contribution in [0.2, 0.25) is 0 Å². The lowest BCUT2D eigenvalue weighted by atomic mass is 10.0. The molecule has 2 N–H and O–H groups in total. The normalized spacial score (nSPS) is 20.2. The molecule has 0 saturated heterocycles. The van der Waals surface area contributed by atoms with Gasteiger partial charge in [0, 0.05) is 0 Å². The summed E-state index contributed by atoms with van der Waals surface area (Å²) in [5.41, 5.74) is -1.04. The Morgan fingerprint density at radius 2 is 1.25 bits per heavy atom. The zero-order chi connectivity index (χ0) is 7.00. The molecule has 0 radical (unpaired) electrons. The molecule has 2 unspecified atom stereocenters. The fourth-order valence-electron chi connectivity index (χ4n) is 0. The molecule has 0 aliphatic carbocycles. The fraction of sp³-hybridized carbons (Fsp3) is 1.00. The topological polar surface area (TPSA) is 40.5 Å². The molecule has 3 heteroatoms. The second-order valence-electron chi connectivity index (χ2n) is 2.71. The highest BCUT2D eigenvalue weighted by Gasteiger charge is 2.32. The summed E-state index contributed by atoms with van der Waals surface area (Å²) in [4.78, 5) is 0. The van der Waals surface area contributed by atoms with Gasteiger partial charge in [-0.2, -0.15) is 0 Å². The van der Waals surface area contributed by atoms with Gasteiger partial charge in [0.15, 0.2) is 0 Å². The zero-order valence-corrected chi connectivity index (χ0v) is 6.63. The number of hydrogen-bond acceptors (Lipinski definition) is 2. The third-order valence-electron chi connectivity index (χ3n) is 1.24. The first-order valence-corrected chi connectivity index (χ1v) is 3.06. The van der Waals surface area contributed by atoms with Crippen molar-refractivity contribution in [1.82, 2.24) is 0 Å². The minimum atomic E-state index is -1.09. The van der Waals surface area contributed by atoms with E-state index in [2.05, 4.69) is 9.24 Å². The third-order valence-corrected chi connectivity index (χ3v) is 1.95. The lowest BCUT2D eigenvalue weighted by Gasteiger charge is -2.31. The molecule has 0 aliphatic rings. The molecule has 0 saturated carbocycles. The first-order valence-electron chi connectivity index (χ1n) is 2.49. The lowest BCUT2D eigenvalue weighted by molar-refractivity contribution is -0.0611. The molecule has 0 aliphatic heterocycles. The average molecular weight is 136 g/mol. The van der Waals surface area contributed by atoms with E-state index in [-0.39, 0.29) is 0 Å². The van der Waals surface area contributed by atoms with Gasteiger partial charge in [-0.05, 0) is 20.8 Å². The van der Waals surface area contributed by atoms with Gasteiger partial charge in [0.25, 0.3) is 0 Å². The summed E-state index contributed by atoms with van der Waals surface area (Å²) in [7, 11) is 2.17. The largest absolute Gasteiger partial charge is 0.387 e. The molecule has 8 heavy (non-hydrogen) atoms. The smallest absolute Gasteiger partial charge is 0.103 e. The maximum absolute atomic E-state index is 9.08. The Morgan fingerprint density at radius 1 is 1.12 bits per heavy atom. The van der Waals surface area contributed by atoms with E-state index in [0.29, 0.717) is 0 Å². The molecule has 50 valence electrons. The molecule has 0 aromatic rings. The Kier molecular flexibility index (Phi) is 2.03. The van der Waals surface area contributed by atoms with Crippen LogP contribution >= 0.6 is 9.24 Å². The highest BCUT2D eigenvalue weighted by atomic mass is 31.0. The molecular weight excluding hydrogens is 123 g/mol. The van der Waals surface area contributed by atoms with Gasteiger partial charge in [-0.15, -0.1) is 9.24 Å². The van der Waals surface area contributed by atoms with Crippen molar-refractivity contribution in [1.29, 1.82) is 0 Å². The van der Waals surface area contributed by atoms with Crippen molar-refractivity contribution < 1.29 is 10.2 Å². The van der Waals surface area contributed by atoms with Gasteiger partial charge in [0.1, 0.15) is 5.34 Å². The minimum absolute atomic E-state index is 1.04. The van der Waals surface area contributed by atoms with Crippen molar-refractivity contribution in [3.63, 3.8) is 0 Å². The summed E-state index contributed by atoms with van der Waals surface area (Å²) >= 11 is 0. The highest BCUT2D eigenvalue weighted by Crippen LogP contribution is 2.26. The molecule has 0 heterocycles. The number of rotatable bonds is 1. The third kappa shape index (κ3) is 2.08. The van der Waals surface area contributed by atoms with Crippen LogP contribution in [0.1, 0.15) is 20.8 Å². The summed E-state index contributed by atoms with van der Waals surface area (Å²) < 4.78 is 0. The van der Waals surface area contributed by atoms with Crippen molar-refractivity contribution in [3.05, 3.63) is 0 Å². The monoisotopic (exact) mass is 136 g/mol. The Hall–Kier alpha value is 0.350. The number of aliphatic hydroxyl groups is 2. The van der Waals surface area contributed by atoms with Gasteiger partial charge in [-0.25, -0.2) is 0 Å². The van der Waals surface area contributed by atoms with Crippen molar-refractivity contribution in [2.24, 2.45) is 0 Å². The predicted octanol–water partition coefficient (Wildman–Crippen LogP) is 0.341. The first kappa shape index (κ1) is 8.35. The molecule has 0 aromatic carbocycles. The first-order chi connectivity index (χ1) is 3.25.